The Labute approximate surface area is 157 Å². The Hall–Kier alpha value is -2.70. The van der Waals surface area contributed by atoms with Gasteiger partial charge in [0.1, 0.15) is 6.04 Å². The van der Waals surface area contributed by atoms with Gasteiger partial charge < -0.3 is 10.6 Å². The molecule has 1 aliphatic carbocycles. The van der Waals surface area contributed by atoms with Gasteiger partial charge in [0.25, 0.3) is 0 Å². The molecular formula is C20H23N3O4. The molecule has 0 radical (unpaired) electrons. The van der Waals surface area contributed by atoms with Crippen molar-refractivity contribution in [3.8, 4) is 0 Å². The maximum atomic E-state index is 13.2. The Kier molecular flexibility index (Phi) is 4.05. The summed E-state index contributed by atoms with van der Waals surface area (Å²) >= 11 is 0. The molecular weight excluding hydrogens is 346 g/mol. The van der Waals surface area contributed by atoms with Gasteiger partial charge in [-0.25, -0.2) is 0 Å². The number of nitrogens with zero attached hydrogens (tertiary/aromatic N) is 2. The number of aryl methyl sites for hydroxylation is 1. The third kappa shape index (κ3) is 2.48. The van der Waals surface area contributed by atoms with Crippen molar-refractivity contribution in [3.63, 3.8) is 0 Å². The number of nitrogens with two attached hydrogens (primary N) is 1. The lowest BCUT2D eigenvalue weighted by Gasteiger charge is -2.37. The van der Waals surface area contributed by atoms with Crippen LogP contribution in [0.1, 0.15) is 36.4 Å². The van der Waals surface area contributed by atoms with Gasteiger partial charge in [0.05, 0.1) is 17.9 Å². The van der Waals surface area contributed by atoms with Crippen molar-refractivity contribution in [1.29, 1.82) is 0 Å². The Balaban J connectivity index is 1.85. The molecule has 4 amide bonds. The fraction of sp³-hybridized carbons (Fsp3) is 0.500. The lowest BCUT2D eigenvalue weighted by Crippen LogP contribution is -2.52. The Bertz CT molecular complexity index is 830. The van der Waals surface area contributed by atoms with Gasteiger partial charge in [-0.15, -0.1) is 0 Å². The molecule has 1 aromatic carbocycles. The number of primary amides is 1. The molecule has 1 saturated carbocycles. The molecule has 142 valence electrons. The topological polar surface area (TPSA) is 101 Å². The summed E-state index contributed by atoms with van der Waals surface area (Å²) in [5, 5.41) is 0. The number of fused-ring (bicyclic) bond motifs is 1. The van der Waals surface area contributed by atoms with E-state index in [0.29, 0.717) is 0 Å². The van der Waals surface area contributed by atoms with Crippen molar-refractivity contribution in [2.45, 2.75) is 38.3 Å². The van der Waals surface area contributed by atoms with Crippen LogP contribution in [-0.2, 0) is 19.2 Å². The predicted octanol–water partition coefficient (Wildman–Crippen LogP) is 0.763. The van der Waals surface area contributed by atoms with E-state index in [0.717, 1.165) is 35.3 Å². The second-order valence-corrected chi connectivity index (χ2v) is 7.86. The van der Waals surface area contributed by atoms with E-state index in [1.54, 1.807) is 0 Å². The summed E-state index contributed by atoms with van der Waals surface area (Å²) in [5.74, 6) is -3.54. The minimum absolute atomic E-state index is 0.165. The molecule has 7 heteroatoms. The SMILES string of the molecule is Cc1ccc(C2C3C(=O)N(C)C(=O)C3C(C(N)=O)N2C(=O)C2CCC2)cc1. The molecule has 0 aromatic heterocycles. The first kappa shape index (κ1) is 17.7. The highest BCUT2D eigenvalue weighted by Crippen LogP contribution is 2.51. The van der Waals surface area contributed by atoms with Crippen molar-refractivity contribution in [1.82, 2.24) is 9.80 Å². The number of hydrogen-bond acceptors (Lipinski definition) is 4. The molecule has 4 atom stereocenters. The summed E-state index contributed by atoms with van der Waals surface area (Å²) in [7, 11) is 1.42. The van der Waals surface area contributed by atoms with E-state index >= 15 is 0 Å². The average Bonchev–Trinajstić information content (AvgIpc) is 3.04. The molecule has 27 heavy (non-hydrogen) atoms. The zero-order chi connectivity index (χ0) is 19.5. The quantitative estimate of drug-likeness (QED) is 0.795. The molecule has 2 N–H and O–H groups in total. The van der Waals surface area contributed by atoms with Crippen molar-refractivity contribution in [2.24, 2.45) is 23.5 Å². The van der Waals surface area contributed by atoms with Crippen LogP contribution in [-0.4, -0.2) is 46.5 Å². The van der Waals surface area contributed by atoms with Gasteiger partial charge in [-0.2, -0.15) is 0 Å². The third-order valence-electron chi connectivity index (χ3n) is 6.32. The highest BCUT2D eigenvalue weighted by Gasteiger charge is 2.64. The van der Waals surface area contributed by atoms with Crippen LogP contribution in [0.4, 0.5) is 0 Å². The normalized spacial score (nSPS) is 30.4. The summed E-state index contributed by atoms with van der Waals surface area (Å²) in [6.07, 6.45) is 2.49. The molecule has 3 aliphatic rings. The number of imide groups is 1. The lowest BCUT2D eigenvalue weighted by molar-refractivity contribution is -0.149. The summed E-state index contributed by atoms with van der Waals surface area (Å²) < 4.78 is 0. The van der Waals surface area contributed by atoms with Crippen LogP contribution < -0.4 is 5.73 Å². The number of rotatable bonds is 3. The number of benzene rings is 1. The van der Waals surface area contributed by atoms with E-state index in [2.05, 4.69) is 0 Å². The van der Waals surface area contributed by atoms with Gasteiger partial charge in [-0.3, -0.25) is 24.1 Å². The third-order valence-corrected chi connectivity index (χ3v) is 6.32. The molecule has 1 aromatic rings. The number of carbonyl (C=O) groups is 4. The summed E-state index contributed by atoms with van der Waals surface area (Å²) in [5.41, 5.74) is 7.44. The van der Waals surface area contributed by atoms with Crippen LogP contribution in [0.15, 0.2) is 24.3 Å². The maximum absolute atomic E-state index is 13.2. The molecule has 4 rings (SSSR count). The number of amides is 4. The largest absolute Gasteiger partial charge is 0.368 e. The predicted molar refractivity (Wildman–Crippen MR) is 95.8 cm³/mol. The monoisotopic (exact) mass is 369 g/mol. The van der Waals surface area contributed by atoms with E-state index in [9.17, 15) is 19.2 Å². The maximum Gasteiger partial charge on any atom is 0.241 e. The summed E-state index contributed by atoms with van der Waals surface area (Å²) in [6.45, 7) is 1.95. The number of carbonyl (C=O) groups excluding carboxylic acids is 4. The molecule has 2 aliphatic heterocycles. The van der Waals surface area contributed by atoms with Crippen LogP contribution in [0.2, 0.25) is 0 Å². The molecule has 2 heterocycles. The minimum atomic E-state index is -1.09. The summed E-state index contributed by atoms with van der Waals surface area (Å²) in [4.78, 5) is 53.6. The van der Waals surface area contributed by atoms with E-state index in [-0.39, 0.29) is 17.7 Å². The van der Waals surface area contributed by atoms with E-state index in [1.165, 1.54) is 11.9 Å². The van der Waals surface area contributed by atoms with Gasteiger partial charge in [-0.1, -0.05) is 36.2 Å². The highest BCUT2D eigenvalue weighted by molar-refractivity contribution is 6.09. The van der Waals surface area contributed by atoms with Crippen LogP contribution >= 0.6 is 0 Å². The zero-order valence-electron chi connectivity index (χ0n) is 15.4. The molecule has 4 unspecified atom stereocenters. The minimum Gasteiger partial charge on any atom is -0.368 e. The van der Waals surface area contributed by atoms with Crippen molar-refractivity contribution < 1.29 is 19.2 Å². The number of likely N-dealkylation sites (tertiary alicyclic amines) is 2. The second kappa shape index (κ2) is 6.18. The van der Waals surface area contributed by atoms with Gasteiger partial charge in [0, 0.05) is 13.0 Å². The molecule has 7 nitrogen and oxygen atoms in total. The smallest absolute Gasteiger partial charge is 0.241 e. The van der Waals surface area contributed by atoms with E-state index < -0.39 is 35.7 Å². The first-order valence-corrected chi connectivity index (χ1v) is 9.32. The molecule has 0 spiro atoms. The molecule has 2 saturated heterocycles. The lowest BCUT2D eigenvalue weighted by atomic mass is 9.83. The van der Waals surface area contributed by atoms with Gasteiger partial charge in [-0.05, 0) is 25.3 Å². The van der Waals surface area contributed by atoms with Crippen LogP contribution in [0.25, 0.3) is 0 Å². The Morgan fingerprint density at radius 1 is 1.04 bits per heavy atom. The van der Waals surface area contributed by atoms with Gasteiger partial charge in [0.15, 0.2) is 0 Å². The van der Waals surface area contributed by atoms with Crippen molar-refractivity contribution in [2.75, 3.05) is 7.05 Å². The Morgan fingerprint density at radius 2 is 1.63 bits per heavy atom. The van der Waals surface area contributed by atoms with Gasteiger partial charge >= 0.3 is 0 Å². The average molecular weight is 369 g/mol. The Morgan fingerprint density at radius 3 is 2.15 bits per heavy atom. The van der Waals surface area contributed by atoms with E-state index in [1.807, 2.05) is 31.2 Å². The second-order valence-electron chi connectivity index (χ2n) is 7.86. The van der Waals surface area contributed by atoms with E-state index in [4.69, 9.17) is 5.73 Å². The van der Waals surface area contributed by atoms with Crippen molar-refractivity contribution >= 4 is 23.6 Å². The molecule has 0 bridgehead atoms. The first-order chi connectivity index (χ1) is 12.8. The standard InChI is InChI=1S/C20H23N3O4/c1-10-6-8-11(9-7-10)15-13-14(20(27)22(2)19(13)26)16(17(21)24)23(15)18(25)12-4-3-5-12/h6-9,12-16H,3-5H2,1-2H3,(H2,21,24). The molecule has 3 fully saturated rings. The van der Waals surface area contributed by atoms with Crippen molar-refractivity contribution in [3.05, 3.63) is 35.4 Å². The fourth-order valence-electron chi connectivity index (χ4n) is 4.63. The van der Waals surface area contributed by atoms with Gasteiger partial charge in [0.2, 0.25) is 23.6 Å². The van der Waals surface area contributed by atoms with Crippen LogP contribution in [0.3, 0.4) is 0 Å². The number of hydrogen-bond donors (Lipinski definition) is 1. The summed E-state index contributed by atoms with van der Waals surface area (Å²) in [6, 6.07) is 5.78. The first-order valence-electron chi connectivity index (χ1n) is 9.32. The zero-order valence-corrected chi connectivity index (χ0v) is 15.4. The van der Waals surface area contributed by atoms with Crippen LogP contribution in [0.5, 0.6) is 0 Å². The highest BCUT2D eigenvalue weighted by atomic mass is 16.2. The van der Waals surface area contributed by atoms with Crippen LogP contribution in [0, 0.1) is 24.7 Å². The fourth-order valence-corrected chi connectivity index (χ4v) is 4.63.